The van der Waals surface area contributed by atoms with E-state index in [1.807, 2.05) is 13.8 Å². The first-order valence-corrected chi connectivity index (χ1v) is 13.1. The number of hydrogen-bond donors (Lipinski definition) is 2. The zero-order valence-corrected chi connectivity index (χ0v) is 22.0. The summed E-state index contributed by atoms with van der Waals surface area (Å²) in [5.74, 6) is -2.03. The number of epoxide rings is 1. The Labute approximate surface area is 212 Å². The molecule has 2 heterocycles. The SMILES string of the molecule is CCC(C)C(=O)OC1CC(C)(O)C(C)(C(CC2=CC(=O)OC2)OC(C)=O)C2CCCC3(CO3)C12CO. The van der Waals surface area contributed by atoms with Gasteiger partial charge in [-0.2, -0.15) is 0 Å². The fraction of sp³-hybridized carbons (Fsp3) is 0.815. The summed E-state index contributed by atoms with van der Waals surface area (Å²) in [4.78, 5) is 37.0. The molecule has 36 heavy (non-hydrogen) atoms. The fourth-order valence-electron chi connectivity index (χ4n) is 7.23. The van der Waals surface area contributed by atoms with E-state index >= 15 is 0 Å². The molecule has 0 amide bonds. The lowest BCUT2D eigenvalue weighted by Gasteiger charge is -2.66. The van der Waals surface area contributed by atoms with Gasteiger partial charge in [0.15, 0.2) is 0 Å². The second-order valence-corrected chi connectivity index (χ2v) is 11.6. The molecule has 3 fully saturated rings. The van der Waals surface area contributed by atoms with Crippen molar-refractivity contribution in [3.05, 3.63) is 11.6 Å². The van der Waals surface area contributed by atoms with Gasteiger partial charge in [-0.15, -0.1) is 0 Å². The van der Waals surface area contributed by atoms with E-state index in [0.717, 1.165) is 6.42 Å². The third kappa shape index (κ3) is 4.07. The van der Waals surface area contributed by atoms with Gasteiger partial charge < -0.3 is 29.2 Å². The predicted octanol–water partition coefficient (Wildman–Crippen LogP) is 2.46. The van der Waals surface area contributed by atoms with Crippen molar-refractivity contribution in [3.63, 3.8) is 0 Å². The van der Waals surface area contributed by atoms with E-state index in [2.05, 4.69) is 0 Å². The molecule has 0 aromatic heterocycles. The van der Waals surface area contributed by atoms with Crippen LogP contribution in [0.4, 0.5) is 0 Å². The van der Waals surface area contributed by atoms with Gasteiger partial charge in [-0.25, -0.2) is 4.79 Å². The van der Waals surface area contributed by atoms with Crippen molar-refractivity contribution in [3.8, 4) is 0 Å². The Balaban J connectivity index is 1.82. The maximum absolute atomic E-state index is 13.0. The first-order chi connectivity index (χ1) is 16.9. The summed E-state index contributed by atoms with van der Waals surface area (Å²) < 4.78 is 23.1. The molecule has 9 nitrogen and oxygen atoms in total. The van der Waals surface area contributed by atoms with Crippen LogP contribution in [0.25, 0.3) is 0 Å². The summed E-state index contributed by atoms with van der Waals surface area (Å²) in [6, 6.07) is 0. The van der Waals surface area contributed by atoms with Crippen LogP contribution in [-0.2, 0) is 33.3 Å². The molecular weight excluding hydrogens is 468 g/mol. The van der Waals surface area contributed by atoms with E-state index in [9.17, 15) is 24.6 Å². The number of carbonyl (C=O) groups is 3. The van der Waals surface area contributed by atoms with Gasteiger partial charge in [0.1, 0.15) is 24.4 Å². The Morgan fingerprint density at radius 3 is 2.53 bits per heavy atom. The molecule has 9 heteroatoms. The molecule has 2 aliphatic heterocycles. The molecule has 4 rings (SSSR count). The third-order valence-electron chi connectivity index (χ3n) is 9.76. The lowest BCUT2D eigenvalue weighted by molar-refractivity contribution is -0.288. The summed E-state index contributed by atoms with van der Waals surface area (Å²) in [6.07, 6.45) is 2.84. The van der Waals surface area contributed by atoms with E-state index in [0.29, 0.717) is 31.4 Å². The number of carbonyl (C=O) groups excluding carboxylic acids is 3. The number of aliphatic hydroxyl groups excluding tert-OH is 1. The fourth-order valence-corrected chi connectivity index (χ4v) is 7.23. The normalized spacial score (nSPS) is 41.1. The Kier molecular flexibility index (Phi) is 7.07. The Morgan fingerprint density at radius 2 is 2.00 bits per heavy atom. The molecular formula is C27H40O9. The van der Waals surface area contributed by atoms with Gasteiger partial charge in [0, 0.05) is 31.3 Å². The van der Waals surface area contributed by atoms with Gasteiger partial charge in [0.25, 0.3) is 0 Å². The van der Waals surface area contributed by atoms with Crippen molar-refractivity contribution >= 4 is 17.9 Å². The average Bonchev–Trinajstić information content (AvgIpc) is 3.47. The van der Waals surface area contributed by atoms with Gasteiger partial charge in [-0.05, 0) is 37.7 Å². The second kappa shape index (κ2) is 9.40. The highest BCUT2D eigenvalue weighted by Crippen LogP contribution is 2.70. The monoisotopic (exact) mass is 508 g/mol. The lowest BCUT2D eigenvalue weighted by Crippen LogP contribution is -2.74. The number of fused-ring (bicyclic) bond motifs is 2. The van der Waals surface area contributed by atoms with Crippen LogP contribution in [0.15, 0.2) is 11.6 Å². The van der Waals surface area contributed by atoms with Crippen LogP contribution < -0.4 is 0 Å². The summed E-state index contributed by atoms with van der Waals surface area (Å²) in [5.41, 5.74) is -3.45. The van der Waals surface area contributed by atoms with E-state index in [1.165, 1.54) is 13.0 Å². The Bertz CT molecular complexity index is 936. The molecule has 0 aromatic rings. The standard InChI is InChI=1S/C27H40O9/c1-6-16(2)23(31)36-21-12-24(4,32)25(5,19-8-7-9-26(15-34-26)27(19,21)14-28)20(35-17(3)29)10-18-11-22(30)33-13-18/h11,16,19-21,28,32H,6-10,12-15H2,1-5H3. The summed E-state index contributed by atoms with van der Waals surface area (Å²) in [6.45, 7) is 8.86. The highest BCUT2D eigenvalue weighted by atomic mass is 16.6. The van der Waals surface area contributed by atoms with E-state index in [-0.39, 0.29) is 37.9 Å². The zero-order chi connectivity index (χ0) is 26.5. The predicted molar refractivity (Wildman–Crippen MR) is 127 cm³/mol. The molecule has 4 aliphatic rings. The van der Waals surface area contributed by atoms with Crippen LogP contribution in [0, 0.1) is 22.7 Å². The number of esters is 3. The van der Waals surface area contributed by atoms with Gasteiger partial charge in [0.2, 0.25) is 0 Å². The summed E-state index contributed by atoms with van der Waals surface area (Å²) in [7, 11) is 0. The maximum Gasteiger partial charge on any atom is 0.331 e. The van der Waals surface area contributed by atoms with E-state index < -0.39 is 52.1 Å². The molecule has 2 saturated carbocycles. The largest absolute Gasteiger partial charge is 0.462 e. The van der Waals surface area contributed by atoms with Crippen LogP contribution >= 0.6 is 0 Å². The van der Waals surface area contributed by atoms with Crippen LogP contribution in [0.5, 0.6) is 0 Å². The minimum atomic E-state index is -1.44. The average molecular weight is 509 g/mol. The van der Waals surface area contributed by atoms with Crippen LogP contribution in [0.3, 0.4) is 0 Å². The third-order valence-corrected chi connectivity index (χ3v) is 9.76. The maximum atomic E-state index is 13.0. The first-order valence-electron chi connectivity index (χ1n) is 13.1. The number of cyclic esters (lactones) is 1. The molecule has 202 valence electrons. The summed E-state index contributed by atoms with van der Waals surface area (Å²) in [5, 5.41) is 23.2. The minimum Gasteiger partial charge on any atom is -0.462 e. The van der Waals surface area contributed by atoms with Crippen molar-refractivity contribution in [1.29, 1.82) is 0 Å². The molecule has 0 aromatic carbocycles. The zero-order valence-electron chi connectivity index (χ0n) is 22.0. The van der Waals surface area contributed by atoms with Crippen LogP contribution in [-0.4, -0.2) is 71.4 Å². The van der Waals surface area contributed by atoms with Crippen LogP contribution in [0.2, 0.25) is 0 Å². The molecule has 2 aliphatic carbocycles. The van der Waals surface area contributed by atoms with Gasteiger partial charge >= 0.3 is 17.9 Å². The van der Waals surface area contributed by atoms with E-state index in [4.69, 9.17) is 18.9 Å². The first kappa shape index (κ1) is 27.1. The van der Waals surface area contributed by atoms with E-state index in [1.54, 1.807) is 13.8 Å². The van der Waals surface area contributed by atoms with Crippen molar-refractivity contribution in [2.75, 3.05) is 19.8 Å². The van der Waals surface area contributed by atoms with Gasteiger partial charge in [-0.1, -0.05) is 27.2 Å². The van der Waals surface area contributed by atoms with Crippen molar-refractivity contribution < 1.29 is 43.5 Å². The smallest absolute Gasteiger partial charge is 0.331 e. The highest BCUT2D eigenvalue weighted by Gasteiger charge is 2.78. The van der Waals surface area contributed by atoms with Crippen molar-refractivity contribution in [2.45, 2.75) is 96.6 Å². The number of ether oxygens (including phenoxy) is 4. The number of hydrogen-bond acceptors (Lipinski definition) is 9. The molecule has 8 unspecified atom stereocenters. The topological polar surface area (TPSA) is 132 Å². The molecule has 1 spiro atoms. The second-order valence-electron chi connectivity index (χ2n) is 11.6. The highest BCUT2D eigenvalue weighted by molar-refractivity contribution is 5.85. The minimum absolute atomic E-state index is 0.0556. The number of rotatable bonds is 8. The summed E-state index contributed by atoms with van der Waals surface area (Å²) >= 11 is 0. The van der Waals surface area contributed by atoms with Gasteiger partial charge in [-0.3, -0.25) is 9.59 Å². The van der Waals surface area contributed by atoms with Gasteiger partial charge in [0.05, 0.1) is 30.1 Å². The lowest BCUT2D eigenvalue weighted by atomic mass is 9.41. The molecule has 8 atom stereocenters. The molecule has 1 saturated heterocycles. The molecule has 0 bridgehead atoms. The number of aliphatic hydroxyl groups is 2. The van der Waals surface area contributed by atoms with Crippen molar-refractivity contribution in [1.82, 2.24) is 0 Å². The van der Waals surface area contributed by atoms with Crippen molar-refractivity contribution in [2.24, 2.45) is 22.7 Å². The van der Waals surface area contributed by atoms with Crippen LogP contribution in [0.1, 0.15) is 73.1 Å². The molecule has 2 N–H and O–H groups in total. The Hall–Kier alpha value is -1.97. The Morgan fingerprint density at radius 1 is 1.31 bits per heavy atom. The molecule has 0 radical (unpaired) electrons. The quantitative estimate of drug-likeness (QED) is 0.288.